The number of isocyanates is 1. The number of hydrogen-bond donors (Lipinski definition) is 0. The van der Waals surface area contributed by atoms with Crippen LogP contribution in [0.25, 0.3) is 0 Å². The van der Waals surface area contributed by atoms with Gasteiger partial charge < -0.3 is 0 Å². The summed E-state index contributed by atoms with van der Waals surface area (Å²) >= 11 is 0. The van der Waals surface area contributed by atoms with Gasteiger partial charge in [-0.1, -0.05) is 25.7 Å². The van der Waals surface area contributed by atoms with Gasteiger partial charge in [0.1, 0.15) is 5.82 Å². The van der Waals surface area contributed by atoms with E-state index in [9.17, 15) is 9.18 Å². The monoisotopic (exact) mass is 209 g/mol. The molecule has 0 saturated heterocycles. The molecule has 2 nitrogen and oxygen atoms in total. The maximum Gasteiger partial charge on any atom is 0.240 e. The molecule has 0 bridgehead atoms. The van der Waals surface area contributed by atoms with E-state index in [2.05, 4.69) is 4.99 Å². The molecule has 0 unspecified atom stereocenters. The van der Waals surface area contributed by atoms with Crippen molar-refractivity contribution in [1.82, 2.24) is 0 Å². The van der Waals surface area contributed by atoms with Crippen molar-refractivity contribution in [1.29, 1.82) is 0 Å². The third-order valence-corrected chi connectivity index (χ3v) is 3.90. The van der Waals surface area contributed by atoms with Gasteiger partial charge in [0.05, 0.1) is 13.8 Å². The Bertz CT molecular complexity index is 392. The van der Waals surface area contributed by atoms with Gasteiger partial charge in [0.2, 0.25) is 6.08 Å². The molecule has 0 aliphatic rings. The fraction of sp³-hybridized carbons (Fsp3) is 0.300. The number of carbonyl (C=O) groups excluding carboxylic acids is 1. The predicted molar refractivity (Wildman–Crippen MR) is 57.2 cm³/mol. The molecule has 0 fully saturated rings. The van der Waals surface area contributed by atoms with Crippen molar-refractivity contribution in [3.8, 4) is 0 Å². The highest BCUT2D eigenvalue weighted by Crippen LogP contribution is 2.16. The van der Waals surface area contributed by atoms with E-state index in [1.807, 2.05) is 19.6 Å². The summed E-state index contributed by atoms with van der Waals surface area (Å²) in [6.45, 7) is 6.03. The maximum atomic E-state index is 13.5. The van der Waals surface area contributed by atoms with E-state index in [-0.39, 0.29) is 5.82 Å². The lowest BCUT2D eigenvalue weighted by molar-refractivity contribution is 0.565. The van der Waals surface area contributed by atoms with Crippen molar-refractivity contribution >= 4 is 25.0 Å². The molecule has 0 N–H and O–H groups in total. The summed E-state index contributed by atoms with van der Waals surface area (Å²) in [5.41, 5.74) is 0.416. The average Bonchev–Trinajstić information content (AvgIpc) is 2.02. The molecule has 0 radical (unpaired) electrons. The fourth-order valence-electron chi connectivity index (χ4n) is 1.40. The number of hydrogen-bond acceptors (Lipinski definition) is 2. The van der Waals surface area contributed by atoms with E-state index in [1.165, 1.54) is 12.1 Å². The molecule has 0 amide bonds. The normalized spacial score (nSPS) is 10.9. The first-order valence-corrected chi connectivity index (χ1v) is 7.83. The third kappa shape index (κ3) is 2.16. The third-order valence-electron chi connectivity index (χ3n) is 1.91. The predicted octanol–water partition coefficient (Wildman–Crippen LogP) is 2.34. The fourth-order valence-corrected chi connectivity index (χ4v) is 3.11. The van der Waals surface area contributed by atoms with Crippen LogP contribution in [-0.2, 0) is 4.79 Å². The average molecular weight is 209 g/mol. The van der Waals surface area contributed by atoms with E-state index >= 15 is 0 Å². The van der Waals surface area contributed by atoms with E-state index in [0.29, 0.717) is 10.9 Å². The smallest absolute Gasteiger partial charge is 0.211 e. The van der Waals surface area contributed by atoms with Crippen molar-refractivity contribution in [2.45, 2.75) is 19.6 Å². The van der Waals surface area contributed by atoms with Crippen LogP contribution >= 0.6 is 0 Å². The number of benzene rings is 1. The standard InChI is InChI=1S/C10H12FNOSi/c1-14(2,3)10-8(11)5-4-6-9(10)12-7-13/h4-6H,1-3H3. The molecule has 0 heterocycles. The van der Waals surface area contributed by atoms with Crippen LogP contribution in [0, 0.1) is 5.82 Å². The summed E-state index contributed by atoms with van der Waals surface area (Å²) < 4.78 is 13.5. The van der Waals surface area contributed by atoms with Crippen LogP contribution < -0.4 is 5.19 Å². The Hall–Kier alpha value is -1.25. The van der Waals surface area contributed by atoms with Crippen LogP contribution in [-0.4, -0.2) is 14.2 Å². The van der Waals surface area contributed by atoms with Gasteiger partial charge in [-0.15, -0.1) is 0 Å². The Balaban J connectivity index is 3.44. The molecule has 0 aliphatic heterocycles. The van der Waals surface area contributed by atoms with Gasteiger partial charge >= 0.3 is 0 Å². The van der Waals surface area contributed by atoms with Crippen LogP contribution in [0.5, 0.6) is 0 Å². The van der Waals surface area contributed by atoms with Gasteiger partial charge in [-0.2, -0.15) is 4.99 Å². The second kappa shape index (κ2) is 3.86. The van der Waals surface area contributed by atoms with Crippen molar-refractivity contribution in [3.05, 3.63) is 24.0 Å². The second-order valence-corrected chi connectivity index (χ2v) is 9.09. The van der Waals surface area contributed by atoms with Gasteiger partial charge in [0.25, 0.3) is 0 Å². The number of aliphatic imine (C=N–C) groups is 1. The minimum absolute atomic E-state index is 0.277. The molecule has 4 heteroatoms. The zero-order valence-corrected chi connectivity index (χ0v) is 9.47. The summed E-state index contributed by atoms with van der Waals surface area (Å²) in [4.78, 5) is 13.7. The summed E-state index contributed by atoms with van der Waals surface area (Å²) in [6, 6.07) is 4.59. The number of nitrogens with zero attached hydrogens (tertiary/aromatic N) is 1. The molecule has 0 atom stereocenters. The molecule has 0 saturated carbocycles. The summed E-state index contributed by atoms with van der Waals surface area (Å²) in [5, 5.41) is 0.586. The van der Waals surface area contributed by atoms with Crippen LogP contribution in [0.15, 0.2) is 23.2 Å². The molecule has 0 spiro atoms. The molecule has 1 aromatic carbocycles. The minimum atomic E-state index is -1.81. The van der Waals surface area contributed by atoms with E-state index in [0.717, 1.165) is 0 Å². The van der Waals surface area contributed by atoms with Crippen molar-refractivity contribution in [3.63, 3.8) is 0 Å². The molecule has 14 heavy (non-hydrogen) atoms. The van der Waals surface area contributed by atoms with Crippen molar-refractivity contribution < 1.29 is 9.18 Å². The topological polar surface area (TPSA) is 29.4 Å². The SMILES string of the molecule is C[Si](C)(C)c1c(F)cccc1N=C=O. The van der Waals surface area contributed by atoms with E-state index in [4.69, 9.17) is 0 Å². The lowest BCUT2D eigenvalue weighted by Crippen LogP contribution is -2.40. The second-order valence-electron chi connectivity index (χ2n) is 4.09. The van der Waals surface area contributed by atoms with Crippen LogP contribution in [0.3, 0.4) is 0 Å². The van der Waals surface area contributed by atoms with Crippen LogP contribution in [0.4, 0.5) is 10.1 Å². The highest BCUT2D eigenvalue weighted by atomic mass is 28.3. The Kier molecular flexibility index (Phi) is 2.98. The largest absolute Gasteiger partial charge is 0.240 e. The highest BCUT2D eigenvalue weighted by molar-refractivity contribution is 6.89. The summed E-state index contributed by atoms with van der Waals surface area (Å²) in [7, 11) is -1.81. The van der Waals surface area contributed by atoms with Gasteiger partial charge in [-0.3, -0.25) is 0 Å². The van der Waals surface area contributed by atoms with Crippen molar-refractivity contribution in [2.24, 2.45) is 4.99 Å². The van der Waals surface area contributed by atoms with Crippen molar-refractivity contribution in [2.75, 3.05) is 0 Å². The Morgan fingerprint density at radius 1 is 1.36 bits per heavy atom. The Morgan fingerprint density at radius 3 is 2.50 bits per heavy atom. The molecule has 1 aromatic rings. The van der Waals surface area contributed by atoms with Gasteiger partial charge in [0.15, 0.2) is 0 Å². The maximum absolute atomic E-state index is 13.5. The molecule has 0 aromatic heterocycles. The first kappa shape index (κ1) is 10.8. The van der Waals surface area contributed by atoms with Gasteiger partial charge in [0, 0.05) is 5.19 Å². The molecule has 1 rings (SSSR count). The van der Waals surface area contributed by atoms with Crippen LogP contribution in [0.2, 0.25) is 19.6 Å². The number of halogens is 1. The van der Waals surface area contributed by atoms with Gasteiger partial charge in [-0.25, -0.2) is 9.18 Å². The lowest BCUT2D eigenvalue weighted by atomic mass is 10.3. The Morgan fingerprint density at radius 2 is 2.00 bits per heavy atom. The summed E-state index contributed by atoms with van der Waals surface area (Å²) in [5.74, 6) is -0.277. The molecule has 74 valence electrons. The highest BCUT2D eigenvalue weighted by Gasteiger charge is 2.24. The number of rotatable bonds is 2. The minimum Gasteiger partial charge on any atom is -0.211 e. The zero-order valence-electron chi connectivity index (χ0n) is 8.47. The van der Waals surface area contributed by atoms with Gasteiger partial charge in [-0.05, 0) is 12.1 Å². The molecular formula is C10H12FNOSi. The van der Waals surface area contributed by atoms with E-state index < -0.39 is 8.07 Å². The van der Waals surface area contributed by atoms with E-state index in [1.54, 1.807) is 12.1 Å². The Labute approximate surface area is 83.5 Å². The quantitative estimate of drug-likeness (QED) is 0.417. The zero-order chi connectivity index (χ0) is 10.8. The molecular weight excluding hydrogens is 197 g/mol. The first-order chi connectivity index (χ1) is 6.46. The first-order valence-electron chi connectivity index (χ1n) is 4.33. The summed E-state index contributed by atoms with van der Waals surface area (Å²) in [6.07, 6.45) is 1.45. The lowest BCUT2D eigenvalue weighted by Gasteiger charge is -2.18. The molecule has 0 aliphatic carbocycles. The van der Waals surface area contributed by atoms with Crippen LogP contribution in [0.1, 0.15) is 0 Å².